The summed E-state index contributed by atoms with van der Waals surface area (Å²) in [6.45, 7) is 9.72. The van der Waals surface area contributed by atoms with Gasteiger partial charge >= 0.3 is 0 Å². The van der Waals surface area contributed by atoms with Gasteiger partial charge in [0, 0.05) is 24.8 Å². The molecule has 0 aliphatic carbocycles. The monoisotopic (exact) mass is 208 g/mol. The summed E-state index contributed by atoms with van der Waals surface area (Å²) in [5.41, 5.74) is 7.47. The van der Waals surface area contributed by atoms with E-state index in [9.17, 15) is 0 Å². The number of anilines is 1. The van der Waals surface area contributed by atoms with Gasteiger partial charge in [-0.1, -0.05) is 0 Å². The van der Waals surface area contributed by atoms with E-state index in [0.717, 1.165) is 23.9 Å². The normalized spacial score (nSPS) is 10.8. The molecule has 1 rings (SSSR count). The fraction of sp³-hybridized carbons (Fsp3) is 0.636. The highest BCUT2D eigenvalue weighted by molar-refractivity contribution is 5.33. The van der Waals surface area contributed by atoms with E-state index in [1.54, 1.807) is 0 Å². The van der Waals surface area contributed by atoms with Crippen LogP contribution < -0.4 is 10.6 Å². The van der Waals surface area contributed by atoms with Gasteiger partial charge < -0.3 is 10.6 Å². The van der Waals surface area contributed by atoms with E-state index in [1.807, 2.05) is 13.0 Å². The minimum absolute atomic E-state index is 0.405. The molecule has 15 heavy (non-hydrogen) atoms. The molecule has 0 fully saturated rings. The average molecular weight is 208 g/mol. The summed E-state index contributed by atoms with van der Waals surface area (Å²) in [5, 5.41) is 0. The smallest absolute Gasteiger partial charge is 0.226 e. The molecule has 0 amide bonds. The van der Waals surface area contributed by atoms with Crippen LogP contribution in [0.2, 0.25) is 0 Å². The zero-order valence-corrected chi connectivity index (χ0v) is 9.99. The van der Waals surface area contributed by atoms with Gasteiger partial charge in [0.25, 0.3) is 0 Å². The van der Waals surface area contributed by atoms with Crippen LogP contribution in [0.1, 0.15) is 32.2 Å². The Bertz CT molecular complexity index is 322. The maximum absolute atomic E-state index is 5.60. The lowest BCUT2D eigenvalue weighted by Gasteiger charge is -2.25. The van der Waals surface area contributed by atoms with Gasteiger partial charge in [0.15, 0.2) is 0 Å². The first-order chi connectivity index (χ1) is 7.08. The molecule has 0 saturated carbocycles. The quantitative estimate of drug-likeness (QED) is 0.814. The van der Waals surface area contributed by atoms with Crippen LogP contribution in [0.5, 0.6) is 0 Å². The van der Waals surface area contributed by atoms with Crippen molar-refractivity contribution in [3.8, 4) is 0 Å². The van der Waals surface area contributed by atoms with E-state index >= 15 is 0 Å². The largest absolute Gasteiger partial charge is 0.339 e. The maximum atomic E-state index is 5.60. The second-order valence-corrected chi connectivity index (χ2v) is 3.88. The van der Waals surface area contributed by atoms with Crippen LogP contribution in [0.3, 0.4) is 0 Å². The molecular formula is C11H20N4. The first kappa shape index (κ1) is 11.9. The molecule has 0 unspecified atom stereocenters. The van der Waals surface area contributed by atoms with Gasteiger partial charge in [-0.25, -0.2) is 9.97 Å². The average Bonchev–Trinajstić information content (AvgIpc) is 2.17. The van der Waals surface area contributed by atoms with E-state index in [4.69, 9.17) is 5.73 Å². The molecule has 0 aromatic carbocycles. The third-order valence-electron chi connectivity index (χ3n) is 2.33. The molecule has 1 heterocycles. The van der Waals surface area contributed by atoms with Gasteiger partial charge in [0.05, 0.1) is 5.69 Å². The molecule has 2 N–H and O–H groups in total. The highest BCUT2D eigenvalue weighted by Crippen LogP contribution is 2.12. The molecule has 1 aromatic heterocycles. The van der Waals surface area contributed by atoms with E-state index in [2.05, 4.69) is 35.6 Å². The van der Waals surface area contributed by atoms with Gasteiger partial charge in [-0.2, -0.15) is 0 Å². The Hall–Kier alpha value is -1.16. The van der Waals surface area contributed by atoms with Crippen molar-refractivity contribution in [3.63, 3.8) is 0 Å². The Morgan fingerprint density at radius 1 is 1.40 bits per heavy atom. The van der Waals surface area contributed by atoms with Crippen molar-refractivity contribution >= 4 is 5.95 Å². The second kappa shape index (κ2) is 5.07. The molecule has 0 bridgehead atoms. The van der Waals surface area contributed by atoms with Crippen molar-refractivity contribution in [1.29, 1.82) is 0 Å². The predicted molar refractivity (Wildman–Crippen MR) is 62.8 cm³/mol. The zero-order chi connectivity index (χ0) is 11.4. The number of aryl methyl sites for hydroxylation is 1. The Balaban J connectivity index is 3.06. The van der Waals surface area contributed by atoms with Crippen molar-refractivity contribution in [2.75, 3.05) is 11.4 Å². The van der Waals surface area contributed by atoms with Gasteiger partial charge in [0.1, 0.15) is 0 Å². The van der Waals surface area contributed by atoms with Gasteiger partial charge in [-0.3, -0.25) is 0 Å². The molecule has 4 nitrogen and oxygen atoms in total. The SMILES string of the molecule is CCN(c1nc(C)cc(CN)n1)C(C)C. The topological polar surface area (TPSA) is 55.0 Å². The van der Waals surface area contributed by atoms with Gasteiger partial charge in [-0.15, -0.1) is 0 Å². The fourth-order valence-electron chi connectivity index (χ4n) is 1.59. The first-order valence-electron chi connectivity index (χ1n) is 5.39. The van der Waals surface area contributed by atoms with Crippen LogP contribution in [-0.4, -0.2) is 22.6 Å². The standard InChI is InChI=1S/C11H20N4/c1-5-15(8(2)3)11-13-9(4)6-10(7-12)14-11/h6,8H,5,7,12H2,1-4H3. The van der Waals surface area contributed by atoms with E-state index in [0.29, 0.717) is 12.6 Å². The molecule has 0 atom stereocenters. The van der Waals surface area contributed by atoms with E-state index in [-0.39, 0.29) is 0 Å². The molecule has 1 aromatic rings. The molecule has 0 radical (unpaired) electrons. The zero-order valence-electron chi connectivity index (χ0n) is 9.99. The fourth-order valence-corrected chi connectivity index (χ4v) is 1.59. The number of nitrogens with two attached hydrogens (primary N) is 1. The Morgan fingerprint density at radius 2 is 2.07 bits per heavy atom. The highest BCUT2D eigenvalue weighted by Gasteiger charge is 2.12. The lowest BCUT2D eigenvalue weighted by Crippen LogP contribution is -2.32. The van der Waals surface area contributed by atoms with Gasteiger partial charge in [0.2, 0.25) is 5.95 Å². The lowest BCUT2D eigenvalue weighted by molar-refractivity contribution is 0.675. The number of hydrogen-bond donors (Lipinski definition) is 1. The van der Waals surface area contributed by atoms with E-state index in [1.165, 1.54) is 0 Å². The highest BCUT2D eigenvalue weighted by atomic mass is 15.3. The second-order valence-electron chi connectivity index (χ2n) is 3.88. The minimum atomic E-state index is 0.405. The summed E-state index contributed by atoms with van der Waals surface area (Å²) in [7, 11) is 0. The number of hydrogen-bond acceptors (Lipinski definition) is 4. The molecule has 0 aliphatic heterocycles. The van der Waals surface area contributed by atoms with Crippen LogP contribution in [0, 0.1) is 6.92 Å². The summed E-state index contributed by atoms with van der Waals surface area (Å²) in [6.07, 6.45) is 0. The molecule has 0 saturated heterocycles. The van der Waals surface area contributed by atoms with Crippen molar-refractivity contribution in [2.45, 2.75) is 40.3 Å². The minimum Gasteiger partial charge on any atom is -0.339 e. The first-order valence-corrected chi connectivity index (χ1v) is 5.39. The summed E-state index contributed by atoms with van der Waals surface area (Å²) in [4.78, 5) is 11.0. The van der Waals surface area contributed by atoms with Crippen molar-refractivity contribution in [3.05, 3.63) is 17.5 Å². The summed E-state index contributed by atoms with van der Waals surface area (Å²) < 4.78 is 0. The molecule has 0 spiro atoms. The summed E-state index contributed by atoms with van der Waals surface area (Å²) >= 11 is 0. The van der Waals surface area contributed by atoms with Crippen LogP contribution >= 0.6 is 0 Å². The number of rotatable bonds is 4. The van der Waals surface area contributed by atoms with Crippen LogP contribution in [-0.2, 0) is 6.54 Å². The Kier molecular flexibility index (Phi) is 4.03. The van der Waals surface area contributed by atoms with Crippen molar-refractivity contribution in [1.82, 2.24) is 9.97 Å². The molecule has 84 valence electrons. The molecular weight excluding hydrogens is 188 g/mol. The lowest BCUT2D eigenvalue weighted by atomic mass is 10.3. The van der Waals surface area contributed by atoms with Crippen LogP contribution in [0.4, 0.5) is 5.95 Å². The van der Waals surface area contributed by atoms with Crippen LogP contribution in [0.15, 0.2) is 6.07 Å². The number of nitrogens with zero attached hydrogens (tertiary/aromatic N) is 3. The molecule has 0 aliphatic rings. The number of aromatic nitrogens is 2. The van der Waals surface area contributed by atoms with Crippen molar-refractivity contribution < 1.29 is 0 Å². The summed E-state index contributed by atoms with van der Waals surface area (Å²) in [5.74, 6) is 0.785. The van der Waals surface area contributed by atoms with Crippen LogP contribution in [0.25, 0.3) is 0 Å². The summed E-state index contributed by atoms with van der Waals surface area (Å²) in [6, 6.07) is 2.33. The van der Waals surface area contributed by atoms with Gasteiger partial charge in [-0.05, 0) is 33.8 Å². The molecule has 4 heteroatoms. The van der Waals surface area contributed by atoms with E-state index < -0.39 is 0 Å². The predicted octanol–water partition coefficient (Wildman–Crippen LogP) is 1.48. The maximum Gasteiger partial charge on any atom is 0.226 e. The third-order valence-corrected chi connectivity index (χ3v) is 2.33. The third kappa shape index (κ3) is 2.89. The van der Waals surface area contributed by atoms with Crippen molar-refractivity contribution in [2.24, 2.45) is 5.73 Å². The Morgan fingerprint density at radius 3 is 2.53 bits per heavy atom. The Labute approximate surface area is 91.5 Å².